The van der Waals surface area contributed by atoms with Crippen molar-refractivity contribution < 1.29 is 35.2 Å². The highest BCUT2D eigenvalue weighted by Gasteiger charge is 2.49. The first-order valence-electron chi connectivity index (χ1n) is 4.53. The molecule has 0 aliphatic rings. The Morgan fingerprint density at radius 1 is 0.632 bits per heavy atom. The maximum Gasteiger partial charge on any atom is 0.542 e. The van der Waals surface area contributed by atoms with Crippen molar-refractivity contribution in [2.24, 2.45) is 0 Å². The van der Waals surface area contributed by atoms with Crippen LogP contribution in [-0.4, -0.2) is 41.1 Å². The number of hydrogen-bond donors (Lipinski definition) is 0. The van der Waals surface area contributed by atoms with Crippen molar-refractivity contribution in [3.05, 3.63) is 29.1 Å². The second-order valence-corrected chi connectivity index (χ2v) is 5.95. The average Bonchev–Trinajstić information content (AvgIpc) is 2.39. The zero-order valence-electron chi connectivity index (χ0n) is 9.61. The van der Waals surface area contributed by atoms with E-state index in [9.17, 15) is 22.0 Å². The molecular weight excluding hydrogens is 307 g/mol. The van der Waals surface area contributed by atoms with Gasteiger partial charge in [0.25, 0.3) is 0 Å². The van der Waals surface area contributed by atoms with Crippen LogP contribution in [0.1, 0.15) is 0 Å². The van der Waals surface area contributed by atoms with Crippen molar-refractivity contribution in [3.63, 3.8) is 0 Å². The summed E-state index contributed by atoms with van der Waals surface area (Å²) in [6.07, 6.45) is 0. The van der Waals surface area contributed by atoms with E-state index in [4.69, 9.17) is 13.3 Å². The summed E-state index contributed by atoms with van der Waals surface area (Å²) in [5, 5.41) is -1.22. The van der Waals surface area contributed by atoms with Gasteiger partial charge >= 0.3 is 8.80 Å². The van der Waals surface area contributed by atoms with Gasteiger partial charge in [-0.15, -0.1) is 0 Å². The fourth-order valence-corrected chi connectivity index (χ4v) is 3.30. The Morgan fingerprint density at radius 3 is 1.16 bits per heavy atom. The van der Waals surface area contributed by atoms with Gasteiger partial charge in [-0.1, -0.05) is 0 Å². The molecular formula is C9H13F5O3Si2. The number of benzene rings is 1. The van der Waals surface area contributed by atoms with Crippen molar-refractivity contribution in [1.29, 1.82) is 0 Å². The van der Waals surface area contributed by atoms with E-state index in [0.717, 1.165) is 21.3 Å². The second-order valence-electron chi connectivity index (χ2n) is 3.11. The Bertz CT molecular complexity index is 430. The van der Waals surface area contributed by atoms with Gasteiger partial charge in [-0.25, -0.2) is 22.0 Å². The molecule has 1 aromatic rings. The Labute approximate surface area is 111 Å². The van der Waals surface area contributed by atoms with Gasteiger partial charge in [-0.05, 0) is 11.0 Å². The molecule has 0 aromatic heterocycles. The molecule has 0 radical (unpaired) electrons. The van der Waals surface area contributed by atoms with Crippen molar-refractivity contribution >= 4 is 25.0 Å². The molecule has 10 heteroatoms. The topological polar surface area (TPSA) is 27.7 Å². The third-order valence-electron chi connectivity index (χ3n) is 2.32. The summed E-state index contributed by atoms with van der Waals surface area (Å²) < 4.78 is 80.1. The van der Waals surface area contributed by atoms with Gasteiger partial charge < -0.3 is 13.3 Å². The van der Waals surface area contributed by atoms with Gasteiger partial charge in [0, 0.05) is 21.3 Å². The molecule has 0 atom stereocenters. The van der Waals surface area contributed by atoms with Crippen LogP contribution in [0.3, 0.4) is 0 Å². The van der Waals surface area contributed by atoms with Crippen LogP contribution in [-0.2, 0) is 13.3 Å². The minimum atomic E-state index is -4.16. The molecule has 0 saturated heterocycles. The van der Waals surface area contributed by atoms with Gasteiger partial charge in [0.05, 0.1) is 0 Å². The maximum atomic E-state index is 13.5. The normalized spacial score (nSPS) is 11.4. The number of hydrogen-bond acceptors (Lipinski definition) is 3. The molecule has 0 fully saturated rings. The van der Waals surface area contributed by atoms with Crippen LogP contribution in [0.25, 0.3) is 0 Å². The van der Waals surface area contributed by atoms with Crippen LogP contribution in [0, 0.1) is 29.1 Å². The van der Waals surface area contributed by atoms with Gasteiger partial charge in [-0.3, -0.25) is 0 Å². The monoisotopic (exact) mass is 320 g/mol. The second kappa shape index (κ2) is 6.56. The van der Waals surface area contributed by atoms with Gasteiger partial charge in [0.2, 0.25) is 5.82 Å². The van der Waals surface area contributed by atoms with E-state index in [0.29, 0.717) is 0 Å². The summed E-state index contributed by atoms with van der Waals surface area (Å²) >= 11 is 0. The van der Waals surface area contributed by atoms with E-state index in [1.165, 1.54) is 0 Å². The molecule has 110 valence electrons. The maximum absolute atomic E-state index is 13.5. The third-order valence-corrected chi connectivity index (χ3v) is 4.99. The lowest BCUT2D eigenvalue weighted by Gasteiger charge is -2.25. The first-order valence-corrected chi connectivity index (χ1v) is 6.26. The molecule has 1 aromatic carbocycles. The molecule has 0 heterocycles. The highest BCUT2D eigenvalue weighted by Crippen LogP contribution is 2.20. The summed E-state index contributed by atoms with van der Waals surface area (Å²) in [5.74, 6) is -10.5. The first-order chi connectivity index (χ1) is 8.36. The molecule has 0 bridgehead atoms. The molecule has 1 rings (SSSR count). The van der Waals surface area contributed by atoms with Crippen LogP contribution in [0.5, 0.6) is 0 Å². The fourth-order valence-electron chi connectivity index (χ4n) is 1.43. The molecule has 3 nitrogen and oxygen atoms in total. The summed E-state index contributed by atoms with van der Waals surface area (Å²) in [6, 6.07) is 0. The largest absolute Gasteiger partial charge is 0.542 e. The van der Waals surface area contributed by atoms with Gasteiger partial charge in [0.1, 0.15) is 5.19 Å². The SMILES string of the molecule is CO[Si](OC)(OC)c1c(F)c(F)c(F)c(F)c1F.[SiH4]. The van der Waals surface area contributed by atoms with E-state index in [1.54, 1.807) is 0 Å². The molecule has 0 saturated carbocycles. The molecule has 0 amide bonds. The van der Waals surface area contributed by atoms with Crippen molar-refractivity contribution in [2.45, 2.75) is 0 Å². The van der Waals surface area contributed by atoms with Crippen LogP contribution in [0.2, 0.25) is 0 Å². The van der Waals surface area contributed by atoms with E-state index in [-0.39, 0.29) is 11.0 Å². The van der Waals surface area contributed by atoms with Crippen LogP contribution >= 0.6 is 0 Å². The summed E-state index contributed by atoms with van der Waals surface area (Å²) in [5.41, 5.74) is 0. The summed E-state index contributed by atoms with van der Waals surface area (Å²) in [6.45, 7) is 0. The van der Waals surface area contributed by atoms with Crippen LogP contribution < -0.4 is 5.19 Å². The van der Waals surface area contributed by atoms with E-state index in [2.05, 4.69) is 0 Å². The van der Waals surface area contributed by atoms with Crippen molar-refractivity contribution in [2.75, 3.05) is 21.3 Å². The Morgan fingerprint density at radius 2 is 0.895 bits per heavy atom. The summed E-state index contributed by atoms with van der Waals surface area (Å²) in [4.78, 5) is 0. The minimum absolute atomic E-state index is 0. The lowest BCUT2D eigenvalue weighted by molar-refractivity contribution is 0.137. The predicted octanol–water partition coefficient (Wildman–Crippen LogP) is 0.0156. The molecule has 0 aliphatic heterocycles. The van der Waals surface area contributed by atoms with Crippen LogP contribution in [0.4, 0.5) is 22.0 Å². The predicted molar refractivity (Wildman–Crippen MR) is 64.0 cm³/mol. The standard InChI is InChI=1S/C9H9F5O3Si.H4Si/c1-15-18(16-2,17-3)9-7(13)5(11)4(10)6(12)8(9)14;/h1-3H3;1H4. The number of rotatable bonds is 4. The zero-order chi connectivity index (χ0) is 14.1. The van der Waals surface area contributed by atoms with Crippen molar-refractivity contribution in [1.82, 2.24) is 0 Å². The first kappa shape index (κ1) is 18.2. The average molecular weight is 320 g/mol. The summed E-state index contributed by atoms with van der Waals surface area (Å²) in [7, 11) is -1.21. The minimum Gasteiger partial charge on any atom is -0.373 e. The third kappa shape index (κ3) is 2.72. The van der Waals surface area contributed by atoms with E-state index in [1.807, 2.05) is 0 Å². The lowest BCUT2D eigenvalue weighted by Crippen LogP contribution is -2.58. The van der Waals surface area contributed by atoms with Gasteiger partial charge in [0.15, 0.2) is 23.3 Å². The fraction of sp³-hybridized carbons (Fsp3) is 0.333. The molecule has 0 N–H and O–H groups in total. The molecule has 0 aliphatic carbocycles. The van der Waals surface area contributed by atoms with E-state index < -0.39 is 43.1 Å². The lowest BCUT2D eigenvalue weighted by atomic mass is 10.3. The zero-order valence-corrected chi connectivity index (χ0v) is 10.6. The Kier molecular flexibility index (Phi) is 6.28. The smallest absolute Gasteiger partial charge is 0.373 e. The highest BCUT2D eigenvalue weighted by molar-refractivity contribution is 6.75. The number of halogens is 5. The van der Waals surface area contributed by atoms with E-state index >= 15 is 0 Å². The quantitative estimate of drug-likeness (QED) is 0.339. The molecule has 0 spiro atoms. The Hall–Kier alpha value is -0.816. The highest BCUT2D eigenvalue weighted by atomic mass is 28.4. The van der Waals surface area contributed by atoms with Crippen molar-refractivity contribution in [3.8, 4) is 0 Å². The molecule has 19 heavy (non-hydrogen) atoms. The molecule has 0 unspecified atom stereocenters. The van der Waals surface area contributed by atoms with Gasteiger partial charge in [-0.2, -0.15) is 0 Å². The van der Waals surface area contributed by atoms with Crippen LogP contribution in [0.15, 0.2) is 0 Å². The Balaban J connectivity index is 0.00000324.